The van der Waals surface area contributed by atoms with E-state index in [1.54, 1.807) is 6.20 Å². The number of pyridine rings is 2. The first-order valence-corrected chi connectivity index (χ1v) is 6.76. The molecule has 0 saturated carbocycles. The second-order valence-corrected chi connectivity index (χ2v) is 4.70. The second kappa shape index (κ2) is 5.28. The van der Waals surface area contributed by atoms with E-state index in [0.717, 1.165) is 27.6 Å². The molecule has 1 amide bonds. The summed E-state index contributed by atoms with van der Waals surface area (Å²) in [5.41, 5.74) is 2.80. The third kappa shape index (κ3) is 2.34. The number of aryl methyl sites for hydroxylation is 1. The van der Waals surface area contributed by atoms with Crippen molar-refractivity contribution < 1.29 is 4.79 Å². The molecule has 102 valence electrons. The Balaban J connectivity index is 1.87. The number of carbonyl (C=O) groups is 1. The summed E-state index contributed by atoms with van der Waals surface area (Å²) in [5.74, 6) is 0.0650. The van der Waals surface area contributed by atoms with E-state index in [0.29, 0.717) is 19.4 Å². The van der Waals surface area contributed by atoms with Gasteiger partial charge in [0.05, 0.1) is 5.52 Å². The highest BCUT2D eigenvalue weighted by atomic mass is 16.1. The number of nitrogens with one attached hydrogen (secondary N) is 2. The van der Waals surface area contributed by atoms with E-state index < -0.39 is 0 Å². The van der Waals surface area contributed by atoms with Gasteiger partial charge in [-0.1, -0.05) is 0 Å². The monoisotopic (exact) mass is 268 g/mol. The molecule has 2 N–H and O–H groups in total. The van der Waals surface area contributed by atoms with Gasteiger partial charge in [-0.05, 0) is 31.5 Å². The van der Waals surface area contributed by atoms with Crippen LogP contribution in [0.1, 0.15) is 19.0 Å². The van der Waals surface area contributed by atoms with Gasteiger partial charge >= 0.3 is 0 Å². The zero-order chi connectivity index (χ0) is 13.9. The first-order valence-electron chi connectivity index (χ1n) is 6.76. The van der Waals surface area contributed by atoms with Crippen molar-refractivity contribution in [2.75, 3.05) is 6.54 Å². The number of nitrogens with zero attached hydrogens (tertiary/aromatic N) is 2. The van der Waals surface area contributed by atoms with Crippen LogP contribution in [0.5, 0.6) is 0 Å². The molecule has 5 heteroatoms. The number of aromatic amines is 1. The Morgan fingerprint density at radius 1 is 1.30 bits per heavy atom. The maximum atomic E-state index is 11.5. The highest BCUT2D eigenvalue weighted by Crippen LogP contribution is 2.23. The van der Waals surface area contributed by atoms with Crippen molar-refractivity contribution in [3.8, 4) is 0 Å². The summed E-state index contributed by atoms with van der Waals surface area (Å²) in [6.45, 7) is 2.58. The van der Waals surface area contributed by atoms with Gasteiger partial charge in [0.25, 0.3) is 0 Å². The molecule has 0 radical (unpaired) electrons. The molecule has 0 atom stereocenters. The summed E-state index contributed by atoms with van der Waals surface area (Å²) in [5, 5.41) is 4.93. The average Bonchev–Trinajstić information content (AvgIpc) is 2.83. The SMILES string of the molecule is CCNC(=O)CCc1ccc2c(n1)[nH]c1ccncc12. The minimum absolute atomic E-state index is 0.0650. The molecule has 0 unspecified atom stereocenters. The first kappa shape index (κ1) is 12.6. The van der Waals surface area contributed by atoms with Gasteiger partial charge in [-0.15, -0.1) is 0 Å². The van der Waals surface area contributed by atoms with Gasteiger partial charge in [-0.25, -0.2) is 4.98 Å². The van der Waals surface area contributed by atoms with E-state index in [9.17, 15) is 4.79 Å². The van der Waals surface area contributed by atoms with Crippen molar-refractivity contribution in [2.45, 2.75) is 19.8 Å². The lowest BCUT2D eigenvalue weighted by Gasteiger charge is -2.02. The first-order chi connectivity index (χ1) is 9.78. The third-order valence-corrected chi connectivity index (χ3v) is 3.30. The van der Waals surface area contributed by atoms with Gasteiger partial charge in [0.2, 0.25) is 5.91 Å². The fourth-order valence-corrected chi connectivity index (χ4v) is 2.32. The predicted octanol–water partition coefficient (Wildman–Crippen LogP) is 2.18. The minimum Gasteiger partial charge on any atom is -0.356 e. The molecule has 3 aromatic rings. The number of H-pyrrole nitrogens is 1. The Labute approximate surface area is 116 Å². The Hall–Kier alpha value is -2.43. The van der Waals surface area contributed by atoms with Crippen LogP contribution < -0.4 is 5.32 Å². The van der Waals surface area contributed by atoms with Crippen molar-refractivity contribution in [2.24, 2.45) is 0 Å². The quantitative estimate of drug-likeness (QED) is 0.762. The van der Waals surface area contributed by atoms with E-state index in [1.165, 1.54) is 0 Å². The Morgan fingerprint density at radius 2 is 2.20 bits per heavy atom. The van der Waals surface area contributed by atoms with Gasteiger partial charge in [-0.3, -0.25) is 9.78 Å². The topological polar surface area (TPSA) is 70.7 Å². The van der Waals surface area contributed by atoms with Crippen LogP contribution in [0.15, 0.2) is 30.6 Å². The van der Waals surface area contributed by atoms with Crippen LogP contribution in [0.2, 0.25) is 0 Å². The van der Waals surface area contributed by atoms with Crippen molar-refractivity contribution in [3.63, 3.8) is 0 Å². The number of rotatable bonds is 4. The fraction of sp³-hybridized carbons (Fsp3) is 0.267. The maximum Gasteiger partial charge on any atom is 0.220 e. The molecule has 0 aliphatic rings. The summed E-state index contributed by atoms with van der Waals surface area (Å²) in [6.07, 6.45) is 4.71. The van der Waals surface area contributed by atoms with E-state index in [2.05, 4.69) is 20.3 Å². The van der Waals surface area contributed by atoms with E-state index in [1.807, 2.05) is 31.3 Å². The number of fused-ring (bicyclic) bond motifs is 3. The molecule has 0 aliphatic heterocycles. The predicted molar refractivity (Wildman–Crippen MR) is 78.4 cm³/mol. The summed E-state index contributed by atoms with van der Waals surface area (Å²) in [4.78, 5) is 23.5. The van der Waals surface area contributed by atoms with Crippen LogP contribution in [-0.2, 0) is 11.2 Å². The zero-order valence-electron chi connectivity index (χ0n) is 11.3. The number of hydrogen-bond donors (Lipinski definition) is 2. The molecule has 0 aliphatic carbocycles. The van der Waals surface area contributed by atoms with Crippen LogP contribution in [-0.4, -0.2) is 27.4 Å². The van der Waals surface area contributed by atoms with Crippen LogP contribution in [0.4, 0.5) is 0 Å². The molecular weight excluding hydrogens is 252 g/mol. The lowest BCUT2D eigenvalue weighted by Crippen LogP contribution is -2.22. The van der Waals surface area contributed by atoms with Crippen LogP contribution >= 0.6 is 0 Å². The molecule has 0 spiro atoms. The fourth-order valence-electron chi connectivity index (χ4n) is 2.32. The van der Waals surface area contributed by atoms with Gasteiger partial charge in [0, 0.05) is 41.8 Å². The van der Waals surface area contributed by atoms with Crippen molar-refractivity contribution in [1.29, 1.82) is 0 Å². The molecule has 0 aromatic carbocycles. The molecular formula is C15H16N4O. The molecule has 20 heavy (non-hydrogen) atoms. The van der Waals surface area contributed by atoms with E-state index in [-0.39, 0.29) is 5.91 Å². The Kier molecular flexibility index (Phi) is 3.33. The number of aromatic nitrogens is 3. The highest BCUT2D eigenvalue weighted by molar-refractivity contribution is 6.05. The average molecular weight is 268 g/mol. The molecule has 3 rings (SSSR count). The van der Waals surface area contributed by atoms with E-state index >= 15 is 0 Å². The zero-order valence-corrected chi connectivity index (χ0v) is 11.3. The lowest BCUT2D eigenvalue weighted by molar-refractivity contribution is -0.120. The summed E-state index contributed by atoms with van der Waals surface area (Å²) < 4.78 is 0. The van der Waals surface area contributed by atoms with Crippen LogP contribution in [0.25, 0.3) is 21.9 Å². The summed E-state index contributed by atoms with van der Waals surface area (Å²) in [7, 11) is 0. The van der Waals surface area contributed by atoms with Crippen molar-refractivity contribution in [3.05, 3.63) is 36.3 Å². The molecule has 0 saturated heterocycles. The van der Waals surface area contributed by atoms with E-state index in [4.69, 9.17) is 0 Å². The standard InChI is InChI=1S/C15H16N4O/c1-2-17-14(20)6-4-10-3-5-11-12-9-16-8-7-13(12)19-15(11)18-10/h3,5,7-9H,2,4,6H2,1H3,(H,17,20)(H,18,19). The van der Waals surface area contributed by atoms with Crippen LogP contribution in [0.3, 0.4) is 0 Å². The smallest absolute Gasteiger partial charge is 0.220 e. The van der Waals surface area contributed by atoms with Gasteiger partial charge in [-0.2, -0.15) is 0 Å². The Morgan fingerprint density at radius 3 is 3.05 bits per heavy atom. The summed E-state index contributed by atoms with van der Waals surface area (Å²) in [6, 6.07) is 5.95. The molecule has 0 bridgehead atoms. The maximum absolute atomic E-state index is 11.5. The van der Waals surface area contributed by atoms with Crippen LogP contribution in [0, 0.1) is 0 Å². The largest absolute Gasteiger partial charge is 0.356 e. The molecule has 5 nitrogen and oxygen atoms in total. The van der Waals surface area contributed by atoms with Gasteiger partial charge < -0.3 is 10.3 Å². The second-order valence-electron chi connectivity index (χ2n) is 4.70. The molecule has 3 heterocycles. The highest BCUT2D eigenvalue weighted by Gasteiger charge is 2.07. The molecule has 3 aromatic heterocycles. The van der Waals surface area contributed by atoms with Gasteiger partial charge in [0.1, 0.15) is 5.65 Å². The summed E-state index contributed by atoms with van der Waals surface area (Å²) >= 11 is 0. The lowest BCUT2D eigenvalue weighted by atomic mass is 10.2. The number of amides is 1. The van der Waals surface area contributed by atoms with Crippen molar-refractivity contribution in [1.82, 2.24) is 20.3 Å². The minimum atomic E-state index is 0.0650. The number of hydrogen-bond acceptors (Lipinski definition) is 3. The third-order valence-electron chi connectivity index (χ3n) is 3.30. The van der Waals surface area contributed by atoms with Gasteiger partial charge in [0.15, 0.2) is 0 Å². The van der Waals surface area contributed by atoms with Crippen molar-refractivity contribution >= 4 is 27.8 Å². The normalized spacial score (nSPS) is 11.1. The number of carbonyl (C=O) groups excluding carboxylic acids is 1. The molecule has 0 fully saturated rings. The Bertz CT molecular complexity index is 763.